The van der Waals surface area contributed by atoms with Crippen LogP contribution in [0.3, 0.4) is 0 Å². The van der Waals surface area contributed by atoms with Crippen molar-refractivity contribution in [2.24, 2.45) is 5.41 Å². The van der Waals surface area contributed by atoms with Crippen LogP contribution in [0.2, 0.25) is 0 Å². The van der Waals surface area contributed by atoms with Crippen molar-refractivity contribution < 1.29 is 22.0 Å². The number of hydrogen-bond donors (Lipinski definition) is 0. The van der Waals surface area contributed by atoms with Crippen molar-refractivity contribution in [3.05, 3.63) is 0 Å². The topological polar surface area (TPSA) is 0 Å². The maximum atomic E-state index is 12.7. The Morgan fingerprint density at radius 1 is 0.833 bits per heavy atom. The van der Waals surface area contributed by atoms with E-state index in [4.69, 9.17) is 0 Å². The van der Waals surface area contributed by atoms with E-state index in [0.717, 1.165) is 20.8 Å². The second kappa shape index (κ2) is 2.85. The molecule has 0 aliphatic heterocycles. The zero-order valence-electron chi connectivity index (χ0n) is 7.10. The lowest BCUT2D eigenvalue weighted by atomic mass is 9.86. The van der Waals surface area contributed by atoms with Crippen LogP contribution in [0.25, 0.3) is 0 Å². The van der Waals surface area contributed by atoms with E-state index in [9.17, 15) is 22.0 Å². The first-order valence-corrected chi connectivity index (χ1v) is 3.40. The SMILES string of the molecule is CC(C)(C)C(F)(F)CC(F)(F)F. The smallest absolute Gasteiger partial charge is 0.206 e. The lowest BCUT2D eigenvalue weighted by Crippen LogP contribution is -2.38. The fourth-order valence-electron chi connectivity index (χ4n) is 0.517. The third-order valence-corrected chi connectivity index (χ3v) is 1.52. The van der Waals surface area contributed by atoms with Crippen LogP contribution < -0.4 is 0 Å². The van der Waals surface area contributed by atoms with Crippen molar-refractivity contribution in [2.45, 2.75) is 39.3 Å². The summed E-state index contributed by atoms with van der Waals surface area (Å²) in [5.41, 5.74) is -1.65. The standard InChI is InChI=1S/C7H11F5/c1-5(2,3)6(8,9)4-7(10,11)12/h4H2,1-3H3. The van der Waals surface area contributed by atoms with E-state index in [2.05, 4.69) is 0 Å². The summed E-state index contributed by atoms with van der Waals surface area (Å²) in [7, 11) is 0. The molecule has 0 rings (SSSR count). The van der Waals surface area contributed by atoms with Crippen LogP contribution in [-0.4, -0.2) is 12.1 Å². The first kappa shape index (κ1) is 11.6. The van der Waals surface area contributed by atoms with Crippen molar-refractivity contribution in [3.8, 4) is 0 Å². The zero-order chi connectivity index (χ0) is 10.2. The predicted octanol–water partition coefficient (Wildman–Crippen LogP) is 3.62. The van der Waals surface area contributed by atoms with Crippen molar-refractivity contribution in [3.63, 3.8) is 0 Å². The summed E-state index contributed by atoms with van der Waals surface area (Å²) in [4.78, 5) is 0. The minimum atomic E-state index is -4.81. The fraction of sp³-hybridized carbons (Fsp3) is 1.00. The highest BCUT2D eigenvalue weighted by Gasteiger charge is 2.51. The molecule has 0 saturated carbocycles. The average molecular weight is 190 g/mol. The van der Waals surface area contributed by atoms with Crippen LogP contribution in [-0.2, 0) is 0 Å². The molecule has 0 aromatic heterocycles. The Kier molecular flexibility index (Phi) is 2.77. The quantitative estimate of drug-likeness (QED) is 0.554. The van der Waals surface area contributed by atoms with Gasteiger partial charge in [-0.25, -0.2) is 8.78 Å². The summed E-state index contributed by atoms with van der Waals surface area (Å²) in [6, 6.07) is 0. The molecule has 0 aromatic carbocycles. The molecule has 0 aromatic rings. The average Bonchev–Trinajstić information content (AvgIpc) is 1.52. The van der Waals surface area contributed by atoms with Gasteiger partial charge in [-0.3, -0.25) is 0 Å². The fourth-order valence-corrected chi connectivity index (χ4v) is 0.517. The Morgan fingerprint density at radius 2 is 1.17 bits per heavy atom. The Morgan fingerprint density at radius 3 is 1.25 bits per heavy atom. The largest absolute Gasteiger partial charge is 0.394 e. The van der Waals surface area contributed by atoms with E-state index in [0.29, 0.717) is 0 Å². The van der Waals surface area contributed by atoms with E-state index in [1.165, 1.54) is 0 Å². The maximum Gasteiger partial charge on any atom is 0.394 e. The number of rotatable bonds is 1. The summed E-state index contributed by atoms with van der Waals surface area (Å²) in [5, 5.41) is 0. The van der Waals surface area contributed by atoms with Gasteiger partial charge >= 0.3 is 6.18 Å². The highest BCUT2D eigenvalue weighted by atomic mass is 19.4. The van der Waals surface area contributed by atoms with Gasteiger partial charge in [0.1, 0.15) is 6.42 Å². The van der Waals surface area contributed by atoms with E-state index < -0.39 is 23.9 Å². The second-order valence-electron chi connectivity index (χ2n) is 3.75. The zero-order valence-corrected chi connectivity index (χ0v) is 7.10. The van der Waals surface area contributed by atoms with Crippen molar-refractivity contribution >= 4 is 0 Å². The Bertz CT molecular complexity index is 150. The molecular formula is C7H11F5. The number of halogens is 5. The van der Waals surface area contributed by atoms with Gasteiger partial charge < -0.3 is 0 Å². The third-order valence-electron chi connectivity index (χ3n) is 1.52. The van der Waals surface area contributed by atoms with E-state index >= 15 is 0 Å². The van der Waals surface area contributed by atoms with Gasteiger partial charge in [0.2, 0.25) is 0 Å². The van der Waals surface area contributed by atoms with Crippen molar-refractivity contribution in [1.29, 1.82) is 0 Å². The minimum absolute atomic E-state index is 1.08. The summed E-state index contributed by atoms with van der Waals surface area (Å²) in [6.45, 7) is 3.25. The first-order valence-electron chi connectivity index (χ1n) is 3.40. The van der Waals surface area contributed by atoms with Crippen LogP contribution in [0, 0.1) is 5.41 Å². The molecule has 0 atom stereocenters. The Balaban J connectivity index is 4.44. The molecule has 12 heavy (non-hydrogen) atoms. The van der Waals surface area contributed by atoms with Gasteiger partial charge in [-0.15, -0.1) is 0 Å². The molecule has 0 aliphatic carbocycles. The van der Waals surface area contributed by atoms with E-state index in [-0.39, 0.29) is 0 Å². The van der Waals surface area contributed by atoms with E-state index in [1.54, 1.807) is 0 Å². The summed E-state index contributed by atoms with van der Waals surface area (Å²) in [6.07, 6.45) is -6.86. The molecule has 0 spiro atoms. The minimum Gasteiger partial charge on any atom is -0.206 e. The molecule has 74 valence electrons. The van der Waals surface area contributed by atoms with Crippen LogP contribution in [0.15, 0.2) is 0 Å². The number of alkyl halides is 5. The highest BCUT2D eigenvalue weighted by molar-refractivity contribution is 4.83. The molecule has 0 fully saturated rings. The molecule has 0 aliphatic rings. The monoisotopic (exact) mass is 190 g/mol. The molecule has 0 bridgehead atoms. The van der Waals surface area contributed by atoms with Crippen LogP contribution in [0.4, 0.5) is 22.0 Å². The molecule has 0 N–H and O–H groups in total. The second-order valence-corrected chi connectivity index (χ2v) is 3.75. The number of hydrogen-bond acceptors (Lipinski definition) is 0. The van der Waals surface area contributed by atoms with Gasteiger partial charge in [0.25, 0.3) is 5.92 Å². The van der Waals surface area contributed by atoms with Crippen LogP contribution in [0.1, 0.15) is 27.2 Å². The van der Waals surface area contributed by atoms with Crippen LogP contribution >= 0.6 is 0 Å². The summed E-state index contributed by atoms with van der Waals surface area (Å²) < 4.78 is 60.2. The van der Waals surface area contributed by atoms with Crippen molar-refractivity contribution in [1.82, 2.24) is 0 Å². The molecule has 0 heterocycles. The van der Waals surface area contributed by atoms with Crippen LogP contribution in [0.5, 0.6) is 0 Å². The first-order chi connectivity index (χ1) is 4.96. The predicted molar refractivity (Wildman–Crippen MR) is 35.1 cm³/mol. The van der Waals surface area contributed by atoms with Gasteiger partial charge in [0.05, 0.1) is 0 Å². The van der Waals surface area contributed by atoms with E-state index in [1.807, 2.05) is 0 Å². The molecule has 0 amide bonds. The molecule has 5 heteroatoms. The molecule has 0 radical (unpaired) electrons. The molecule has 0 nitrogen and oxygen atoms in total. The third kappa shape index (κ3) is 3.36. The molecule has 0 saturated heterocycles. The highest BCUT2D eigenvalue weighted by Crippen LogP contribution is 2.43. The summed E-state index contributed by atoms with van der Waals surface area (Å²) >= 11 is 0. The van der Waals surface area contributed by atoms with Gasteiger partial charge in [-0.05, 0) is 0 Å². The lowest BCUT2D eigenvalue weighted by molar-refractivity contribution is -0.215. The van der Waals surface area contributed by atoms with Gasteiger partial charge in [0, 0.05) is 5.41 Å². The Hall–Kier alpha value is -0.350. The maximum absolute atomic E-state index is 12.7. The normalized spacial score (nSPS) is 15.0. The van der Waals surface area contributed by atoms with Crippen molar-refractivity contribution in [2.75, 3.05) is 0 Å². The van der Waals surface area contributed by atoms with Gasteiger partial charge in [-0.2, -0.15) is 13.2 Å². The molecular weight excluding hydrogens is 179 g/mol. The Labute approximate surface area is 67.8 Å². The lowest BCUT2D eigenvalue weighted by Gasteiger charge is -2.30. The molecule has 0 unspecified atom stereocenters. The van der Waals surface area contributed by atoms with Gasteiger partial charge in [0.15, 0.2) is 0 Å². The summed E-state index contributed by atoms with van der Waals surface area (Å²) in [5.74, 6) is -3.70. The van der Waals surface area contributed by atoms with Gasteiger partial charge in [-0.1, -0.05) is 20.8 Å².